The van der Waals surface area contributed by atoms with Crippen molar-refractivity contribution in [2.24, 2.45) is 5.92 Å². The highest BCUT2D eigenvalue weighted by Crippen LogP contribution is 2.11. The minimum atomic E-state index is -0.466. The Kier molecular flexibility index (Phi) is 5.29. The Morgan fingerprint density at radius 1 is 1.45 bits per heavy atom. The number of esters is 1. The second kappa shape index (κ2) is 7.19. The molecule has 6 nitrogen and oxygen atoms in total. The van der Waals surface area contributed by atoms with E-state index in [-0.39, 0.29) is 5.69 Å². The van der Waals surface area contributed by atoms with E-state index in [9.17, 15) is 4.79 Å². The fourth-order valence-corrected chi connectivity index (χ4v) is 2.40. The van der Waals surface area contributed by atoms with E-state index in [4.69, 9.17) is 0 Å². The fourth-order valence-electron chi connectivity index (χ4n) is 2.40. The zero-order chi connectivity index (χ0) is 14.4. The van der Waals surface area contributed by atoms with E-state index in [1.807, 2.05) is 0 Å². The largest absolute Gasteiger partial charge is 0.464 e. The van der Waals surface area contributed by atoms with Gasteiger partial charge in [0.1, 0.15) is 5.82 Å². The number of methoxy groups -OCH3 is 1. The van der Waals surface area contributed by atoms with Crippen molar-refractivity contribution in [3.05, 3.63) is 18.1 Å². The molecule has 0 saturated carbocycles. The number of hydrogen-bond donors (Lipinski definition) is 1. The first-order valence-corrected chi connectivity index (χ1v) is 7.05. The lowest BCUT2D eigenvalue weighted by molar-refractivity contribution is 0.0593. The molecule has 0 spiro atoms. The molecule has 1 saturated heterocycles. The number of aromatic nitrogens is 2. The fraction of sp³-hybridized carbons (Fsp3) is 0.643. The molecule has 0 amide bonds. The number of hydrogen-bond acceptors (Lipinski definition) is 6. The highest BCUT2D eigenvalue weighted by Gasteiger charge is 2.15. The normalized spacial score (nSPS) is 16.9. The minimum Gasteiger partial charge on any atom is -0.464 e. The van der Waals surface area contributed by atoms with Gasteiger partial charge in [-0.1, -0.05) is 6.92 Å². The Labute approximate surface area is 119 Å². The van der Waals surface area contributed by atoms with Gasteiger partial charge in [0.05, 0.1) is 19.5 Å². The molecule has 0 radical (unpaired) electrons. The van der Waals surface area contributed by atoms with Crippen LogP contribution >= 0.6 is 0 Å². The van der Waals surface area contributed by atoms with Gasteiger partial charge in [0.2, 0.25) is 0 Å². The van der Waals surface area contributed by atoms with Gasteiger partial charge in [-0.3, -0.25) is 4.98 Å². The molecule has 0 aliphatic carbocycles. The lowest BCUT2D eigenvalue weighted by atomic mass is 10.1. The van der Waals surface area contributed by atoms with Crippen LogP contribution in [0, 0.1) is 5.92 Å². The number of rotatable bonds is 6. The van der Waals surface area contributed by atoms with Gasteiger partial charge in [-0.25, -0.2) is 9.78 Å². The SMILES string of the molecule is COC(=O)c1cncc(NCC(C)CN2CCCC2)n1. The van der Waals surface area contributed by atoms with Crippen molar-refractivity contribution >= 4 is 11.8 Å². The molecule has 1 atom stereocenters. The summed E-state index contributed by atoms with van der Waals surface area (Å²) in [6.07, 6.45) is 5.65. The number of carbonyl (C=O) groups is 1. The summed E-state index contributed by atoms with van der Waals surface area (Å²) in [7, 11) is 1.34. The van der Waals surface area contributed by atoms with Crippen LogP contribution in [0.4, 0.5) is 5.82 Å². The van der Waals surface area contributed by atoms with Gasteiger partial charge in [0, 0.05) is 13.1 Å². The van der Waals surface area contributed by atoms with Gasteiger partial charge < -0.3 is 15.0 Å². The lowest BCUT2D eigenvalue weighted by Gasteiger charge is -2.20. The zero-order valence-electron chi connectivity index (χ0n) is 12.1. The zero-order valence-corrected chi connectivity index (χ0v) is 12.1. The van der Waals surface area contributed by atoms with Gasteiger partial charge >= 0.3 is 5.97 Å². The van der Waals surface area contributed by atoms with E-state index in [2.05, 4.69) is 31.8 Å². The summed E-state index contributed by atoms with van der Waals surface area (Å²) < 4.78 is 4.63. The maximum atomic E-state index is 11.4. The third-order valence-electron chi connectivity index (χ3n) is 3.43. The van der Waals surface area contributed by atoms with Gasteiger partial charge in [0.25, 0.3) is 0 Å². The highest BCUT2D eigenvalue weighted by atomic mass is 16.5. The Hall–Kier alpha value is -1.69. The minimum absolute atomic E-state index is 0.227. The topological polar surface area (TPSA) is 67.3 Å². The number of carbonyl (C=O) groups excluding carboxylic acids is 1. The van der Waals surface area contributed by atoms with Crippen molar-refractivity contribution in [1.82, 2.24) is 14.9 Å². The average molecular weight is 278 g/mol. The Balaban J connectivity index is 1.82. The van der Waals surface area contributed by atoms with E-state index in [0.717, 1.165) is 13.1 Å². The molecule has 1 unspecified atom stereocenters. The third kappa shape index (κ3) is 4.16. The summed E-state index contributed by atoms with van der Waals surface area (Å²) in [5, 5.41) is 3.23. The van der Waals surface area contributed by atoms with E-state index in [1.165, 1.54) is 39.2 Å². The quantitative estimate of drug-likeness (QED) is 0.794. The standard InChI is InChI=1S/C14H22N4O2/c1-11(10-18-5-3-4-6-18)7-16-13-9-15-8-12(17-13)14(19)20-2/h8-9,11H,3-7,10H2,1-2H3,(H,16,17). The predicted molar refractivity (Wildman–Crippen MR) is 76.7 cm³/mol. The van der Waals surface area contributed by atoms with Crippen LogP contribution in [0.3, 0.4) is 0 Å². The molecule has 1 aromatic heterocycles. The summed E-state index contributed by atoms with van der Waals surface area (Å²) in [6, 6.07) is 0. The van der Waals surface area contributed by atoms with E-state index in [1.54, 1.807) is 6.20 Å². The molecule has 1 fully saturated rings. The highest BCUT2D eigenvalue weighted by molar-refractivity contribution is 5.87. The van der Waals surface area contributed by atoms with Crippen molar-refractivity contribution in [2.45, 2.75) is 19.8 Å². The molecule has 20 heavy (non-hydrogen) atoms. The summed E-state index contributed by atoms with van der Waals surface area (Å²) in [5.74, 6) is 0.670. The van der Waals surface area contributed by atoms with Crippen molar-refractivity contribution in [3.8, 4) is 0 Å². The summed E-state index contributed by atoms with van der Waals surface area (Å²) in [4.78, 5) is 22.0. The second-order valence-corrected chi connectivity index (χ2v) is 5.27. The van der Waals surface area contributed by atoms with Crippen LogP contribution < -0.4 is 5.32 Å². The van der Waals surface area contributed by atoms with Gasteiger partial charge in [-0.05, 0) is 31.8 Å². The van der Waals surface area contributed by atoms with Gasteiger partial charge in [0.15, 0.2) is 5.69 Å². The number of nitrogens with one attached hydrogen (secondary N) is 1. The first-order chi connectivity index (χ1) is 9.69. The third-order valence-corrected chi connectivity index (χ3v) is 3.43. The van der Waals surface area contributed by atoms with Crippen LogP contribution in [0.15, 0.2) is 12.4 Å². The van der Waals surface area contributed by atoms with Crippen LogP contribution in [0.1, 0.15) is 30.3 Å². The van der Waals surface area contributed by atoms with Crippen LogP contribution in [-0.2, 0) is 4.74 Å². The molecule has 0 bridgehead atoms. The van der Waals surface area contributed by atoms with E-state index in [0.29, 0.717) is 11.7 Å². The summed E-state index contributed by atoms with van der Waals surface area (Å²) in [6.45, 7) is 6.54. The maximum absolute atomic E-state index is 11.4. The molecule has 0 aromatic carbocycles. The van der Waals surface area contributed by atoms with Gasteiger partial charge in [-0.15, -0.1) is 0 Å². The van der Waals surface area contributed by atoms with Crippen molar-refractivity contribution in [1.29, 1.82) is 0 Å². The van der Waals surface area contributed by atoms with Crippen molar-refractivity contribution < 1.29 is 9.53 Å². The Morgan fingerprint density at radius 2 is 2.20 bits per heavy atom. The predicted octanol–water partition coefficient (Wildman–Crippen LogP) is 1.41. The van der Waals surface area contributed by atoms with E-state index < -0.39 is 5.97 Å². The van der Waals surface area contributed by atoms with Crippen molar-refractivity contribution in [3.63, 3.8) is 0 Å². The molecule has 1 aromatic rings. The van der Waals surface area contributed by atoms with Gasteiger partial charge in [-0.2, -0.15) is 0 Å². The monoisotopic (exact) mass is 278 g/mol. The average Bonchev–Trinajstić information content (AvgIpc) is 2.97. The Bertz CT molecular complexity index is 447. The molecule has 110 valence electrons. The summed E-state index contributed by atoms with van der Waals surface area (Å²) in [5.41, 5.74) is 0.227. The van der Waals surface area contributed by atoms with Crippen LogP contribution in [0.2, 0.25) is 0 Å². The van der Waals surface area contributed by atoms with Crippen LogP contribution in [-0.4, -0.2) is 54.1 Å². The van der Waals surface area contributed by atoms with E-state index >= 15 is 0 Å². The molecule has 2 rings (SSSR count). The van der Waals surface area contributed by atoms with Crippen molar-refractivity contribution in [2.75, 3.05) is 38.6 Å². The number of anilines is 1. The first kappa shape index (κ1) is 14.7. The number of ether oxygens (including phenoxy) is 1. The first-order valence-electron chi connectivity index (χ1n) is 7.05. The smallest absolute Gasteiger partial charge is 0.358 e. The molecule has 2 heterocycles. The molecule has 1 N–H and O–H groups in total. The lowest BCUT2D eigenvalue weighted by Crippen LogP contribution is -2.29. The van der Waals surface area contributed by atoms with Crippen LogP contribution in [0.5, 0.6) is 0 Å². The van der Waals surface area contributed by atoms with Crippen LogP contribution in [0.25, 0.3) is 0 Å². The summed E-state index contributed by atoms with van der Waals surface area (Å²) >= 11 is 0. The molecular formula is C14H22N4O2. The molecular weight excluding hydrogens is 256 g/mol. The number of likely N-dealkylation sites (tertiary alicyclic amines) is 1. The Morgan fingerprint density at radius 3 is 2.90 bits per heavy atom. The molecule has 1 aliphatic heterocycles. The molecule has 1 aliphatic rings. The second-order valence-electron chi connectivity index (χ2n) is 5.27. The number of nitrogens with zero attached hydrogens (tertiary/aromatic N) is 3. The molecule has 6 heteroatoms. The maximum Gasteiger partial charge on any atom is 0.358 e.